The van der Waals surface area contributed by atoms with Crippen LogP contribution in [0.15, 0.2) is 0 Å². The van der Waals surface area contributed by atoms with Crippen LogP contribution in [0, 0.1) is 0 Å². The van der Waals surface area contributed by atoms with Gasteiger partial charge < -0.3 is 14.6 Å². The fourth-order valence-electron chi connectivity index (χ4n) is 2.09. The van der Waals surface area contributed by atoms with E-state index >= 15 is 0 Å². The van der Waals surface area contributed by atoms with Crippen LogP contribution in [0.25, 0.3) is 0 Å². The minimum Gasteiger partial charge on any atom is -0.389 e. The summed E-state index contributed by atoms with van der Waals surface area (Å²) in [7, 11) is 1.45. The molecule has 0 aromatic heterocycles. The first-order valence-electron chi connectivity index (χ1n) is 5.31. The second-order valence-corrected chi connectivity index (χ2v) is 4.09. The molecular formula is C10H15NO5. The fraction of sp³-hybridized carbons (Fsp3) is 0.800. The lowest BCUT2D eigenvalue weighted by Gasteiger charge is -2.31. The van der Waals surface area contributed by atoms with Crippen molar-refractivity contribution in [2.75, 3.05) is 20.3 Å². The number of morpholine rings is 1. The van der Waals surface area contributed by atoms with Crippen molar-refractivity contribution in [1.29, 1.82) is 0 Å². The molecule has 0 radical (unpaired) electrons. The molecule has 0 aliphatic carbocycles. The molecule has 0 aromatic carbocycles. The third-order valence-corrected chi connectivity index (χ3v) is 2.85. The highest BCUT2D eigenvalue weighted by Crippen LogP contribution is 2.28. The highest BCUT2D eigenvalue weighted by molar-refractivity contribution is 6.02. The van der Waals surface area contributed by atoms with Crippen LogP contribution in [0.2, 0.25) is 0 Å². The van der Waals surface area contributed by atoms with Crippen LogP contribution in [0.1, 0.15) is 12.8 Å². The molecule has 2 aliphatic rings. The minimum atomic E-state index is -0.838. The number of carbonyl (C=O) groups is 2. The van der Waals surface area contributed by atoms with Crippen LogP contribution in [-0.4, -0.2) is 60.4 Å². The molecule has 0 spiro atoms. The number of ether oxygens (including phenoxy) is 2. The lowest BCUT2D eigenvalue weighted by molar-refractivity contribution is -0.170. The maximum Gasteiger partial charge on any atom is 0.258 e. The number of fused-ring (bicyclic) bond motifs is 2. The summed E-state index contributed by atoms with van der Waals surface area (Å²) in [5.74, 6) is -0.678. The van der Waals surface area contributed by atoms with E-state index < -0.39 is 18.3 Å². The van der Waals surface area contributed by atoms with Crippen LogP contribution in [0.4, 0.5) is 0 Å². The van der Waals surface area contributed by atoms with Gasteiger partial charge >= 0.3 is 0 Å². The fourth-order valence-corrected chi connectivity index (χ4v) is 2.09. The molecule has 3 atom stereocenters. The third kappa shape index (κ3) is 1.95. The highest BCUT2D eigenvalue weighted by Gasteiger charge is 2.46. The molecule has 90 valence electrons. The standard InChI is InChI=1S/C10H15NO5/c1-15-5-6(12)4-11-9(13)7-2-3-8(16-7)10(11)14/h6-8,12H,2-5H2,1H3. The van der Waals surface area contributed by atoms with E-state index in [1.54, 1.807) is 0 Å². The number of β-amino-alcohol motifs (C(OH)–C–C–N with tert-alkyl or cyclic N) is 1. The molecule has 2 rings (SSSR count). The summed E-state index contributed by atoms with van der Waals surface area (Å²) < 4.78 is 9.99. The Morgan fingerprint density at radius 3 is 2.50 bits per heavy atom. The Balaban J connectivity index is 2.02. The summed E-state index contributed by atoms with van der Waals surface area (Å²) in [6, 6.07) is 0. The van der Waals surface area contributed by atoms with Crippen molar-refractivity contribution >= 4 is 11.8 Å². The van der Waals surface area contributed by atoms with Crippen molar-refractivity contribution in [3.63, 3.8) is 0 Å². The lowest BCUT2D eigenvalue weighted by Crippen LogP contribution is -2.54. The summed E-state index contributed by atoms with van der Waals surface area (Å²) in [5, 5.41) is 9.52. The first kappa shape index (κ1) is 11.5. The smallest absolute Gasteiger partial charge is 0.258 e. The quantitative estimate of drug-likeness (QED) is 0.620. The second-order valence-electron chi connectivity index (χ2n) is 4.09. The van der Waals surface area contributed by atoms with E-state index in [9.17, 15) is 14.7 Å². The van der Waals surface area contributed by atoms with Crippen molar-refractivity contribution < 1.29 is 24.2 Å². The Morgan fingerprint density at radius 1 is 1.44 bits per heavy atom. The van der Waals surface area contributed by atoms with Crippen LogP contribution < -0.4 is 0 Å². The number of hydrogen-bond donors (Lipinski definition) is 1. The van der Waals surface area contributed by atoms with E-state index in [2.05, 4.69) is 0 Å². The van der Waals surface area contributed by atoms with E-state index in [0.717, 1.165) is 4.90 Å². The van der Waals surface area contributed by atoms with Crippen molar-refractivity contribution in [3.8, 4) is 0 Å². The number of nitrogens with zero attached hydrogens (tertiary/aromatic N) is 1. The predicted molar refractivity (Wildman–Crippen MR) is 52.5 cm³/mol. The number of likely N-dealkylation sites (tertiary alicyclic amines) is 1. The maximum atomic E-state index is 11.8. The van der Waals surface area contributed by atoms with Crippen LogP contribution in [0.3, 0.4) is 0 Å². The van der Waals surface area contributed by atoms with Gasteiger partial charge in [0.2, 0.25) is 0 Å². The zero-order chi connectivity index (χ0) is 11.7. The van der Waals surface area contributed by atoms with E-state index in [0.29, 0.717) is 12.8 Å². The Kier molecular flexibility index (Phi) is 3.22. The number of amides is 2. The Labute approximate surface area is 93.1 Å². The number of methoxy groups -OCH3 is 1. The molecule has 16 heavy (non-hydrogen) atoms. The van der Waals surface area contributed by atoms with Crippen LogP contribution >= 0.6 is 0 Å². The Morgan fingerprint density at radius 2 is 2.00 bits per heavy atom. The molecule has 2 bridgehead atoms. The minimum absolute atomic E-state index is 0.0120. The predicted octanol–water partition coefficient (Wildman–Crippen LogP) is -1.09. The zero-order valence-electron chi connectivity index (χ0n) is 9.09. The van der Waals surface area contributed by atoms with Gasteiger partial charge in [-0.05, 0) is 12.8 Å². The van der Waals surface area contributed by atoms with E-state index in [4.69, 9.17) is 9.47 Å². The second kappa shape index (κ2) is 4.48. The largest absolute Gasteiger partial charge is 0.389 e. The summed E-state index contributed by atoms with van der Waals surface area (Å²) in [6.45, 7) is 0.0924. The average Bonchev–Trinajstić information content (AvgIpc) is 2.69. The van der Waals surface area contributed by atoms with Gasteiger partial charge in [0.1, 0.15) is 12.2 Å². The monoisotopic (exact) mass is 229 g/mol. The topological polar surface area (TPSA) is 76.1 Å². The molecular weight excluding hydrogens is 214 g/mol. The number of aliphatic hydroxyl groups excluding tert-OH is 1. The van der Waals surface area contributed by atoms with E-state index in [-0.39, 0.29) is 25.0 Å². The molecule has 2 aliphatic heterocycles. The number of rotatable bonds is 4. The van der Waals surface area contributed by atoms with Gasteiger partial charge in [0.25, 0.3) is 11.8 Å². The molecule has 6 nitrogen and oxygen atoms in total. The molecule has 6 heteroatoms. The molecule has 1 N–H and O–H groups in total. The molecule has 2 amide bonds. The van der Waals surface area contributed by atoms with Gasteiger partial charge in [0.15, 0.2) is 0 Å². The van der Waals surface area contributed by atoms with Gasteiger partial charge in [-0.15, -0.1) is 0 Å². The summed E-state index contributed by atoms with van der Waals surface area (Å²) in [5.41, 5.74) is 0. The zero-order valence-corrected chi connectivity index (χ0v) is 9.09. The summed E-state index contributed by atoms with van der Waals surface area (Å²) in [6.07, 6.45) is -0.664. The van der Waals surface area contributed by atoms with Crippen molar-refractivity contribution in [2.24, 2.45) is 0 Å². The first-order chi connectivity index (χ1) is 7.63. The maximum absolute atomic E-state index is 11.8. The van der Waals surface area contributed by atoms with Crippen molar-refractivity contribution in [1.82, 2.24) is 4.90 Å². The van der Waals surface area contributed by atoms with Gasteiger partial charge in [0.05, 0.1) is 19.3 Å². The number of imide groups is 1. The van der Waals surface area contributed by atoms with Crippen molar-refractivity contribution in [2.45, 2.75) is 31.2 Å². The number of hydrogen-bond acceptors (Lipinski definition) is 5. The molecule has 0 saturated carbocycles. The molecule has 2 heterocycles. The van der Waals surface area contributed by atoms with Gasteiger partial charge in [-0.1, -0.05) is 0 Å². The molecule has 3 unspecified atom stereocenters. The SMILES string of the molecule is COCC(O)CN1C(=O)C2CCC(O2)C1=O. The number of aliphatic hydroxyl groups is 1. The lowest BCUT2D eigenvalue weighted by atomic mass is 10.2. The van der Waals surface area contributed by atoms with Gasteiger partial charge in [-0.2, -0.15) is 0 Å². The van der Waals surface area contributed by atoms with Crippen molar-refractivity contribution in [3.05, 3.63) is 0 Å². The summed E-state index contributed by atoms with van der Waals surface area (Å²) in [4.78, 5) is 24.6. The Bertz CT molecular complexity index is 284. The Hall–Kier alpha value is -0.980. The van der Waals surface area contributed by atoms with Gasteiger partial charge in [0, 0.05) is 7.11 Å². The van der Waals surface area contributed by atoms with E-state index in [1.165, 1.54) is 7.11 Å². The summed E-state index contributed by atoms with van der Waals surface area (Å²) >= 11 is 0. The average molecular weight is 229 g/mol. The normalized spacial score (nSPS) is 31.0. The molecule has 2 saturated heterocycles. The number of carbonyl (C=O) groups excluding carboxylic acids is 2. The third-order valence-electron chi connectivity index (χ3n) is 2.85. The van der Waals surface area contributed by atoms with Crippen LogP contribution in [-0.2, 0) is 19.1 Å². The molecule has 2 fully saturated rings. The highest BCUT2D eigenvalue weighted by atomic mass is 16.5. The van der Waals surface area contributed by atoms with Crippen LogP contribution in [0.5, 0.6) is 0 Å². The first-order valence-corrected chi connectivity index (χ1v) is 5.31. The van der Waals surface area contributed by atoms with Gasteiger partial charge in [-0.25, -0.2) is 0 Å². The molecule has 0 aromatic rings. The van der Waals surface area contributed by atoms with E-state index in [1.807, 2.05) is 0 Å². The van der Waals surface area contributed by atoms with Gasteiger partial charge in [-0.3, -0.25) is 14.5 Å².